The smallest absolute Gasteiger partial charge is 0.167 e. The number of imidazole rings is 1. The fourth-order valence-corrected chi connectivity index (χ4v) is 4.55. The number of rotatable bonds is 10. The lowest BCUT2D eigenvalue weighted by atomic mass is 10.0. The number of Topliss-reactive ketones (excluding diaryl/α,β-unsaturated/α-hetero) is 1. The minimum absolute atomic E-state index is 0.105. The van der Waals surface area contributed by atoms with Crippen LogP contribution in [0, 0.1) is 0 Å². The van der Waals surface area contributed by atoms with E-state index < -0.39 is 0 Å². The van der Waals surface area contributed by atoms with E-state index in [1.54, 1.807) is 0 Å². The van der Waals surface area contributed by atoms with Gasteiger partial charge in [0.25, 0.3) is 0 Å². The number of fused-ring (bicyclic) bond motifs is 1. The molecule has 0 radical (unpaired) electrons. The summed E-state index contributed by atoms with van der Waals surface area (Å²) in [7, 11) is 4.13. The average molecular weight is 499 g/mol. The van der Waals surface area contributed by atoms with E-state index in [0.29, 0.717) is 13.0 Å². The highest BCUT2D eigenvalue weighted by molar-refractivity contribution is 5.98. The van der Waals surface area contributed by atoms with Crippen LogP contribution < -0.4 is 9.64 Å². The number of nitrogens with zero attached hydrogens (tertiary/aromatic N) is 3. The van der Waals surface area contributed by atoms with Crippen LogP contribution in [0.2, 0.25) is 0 Å². The van der Waals surface area contributed by atoms with Crippen LogP contribution in [0.15, 0.2) is 66.7 Å². The summed E-state index contributed by atoms with van der Waals surface area (Å²) < 4.78 is 11.3. The zero-order valence-electron chi connectivity index (χ0n) is 21.6. The largest absolute Gasteiger partial charge is 0.494 e. The number of benzene rings is 3. The van der Waals surface area contributed by atoms with E-state index in [0.717, 1.165) is 84.3 Å². The summed E-state index contributed by atoms with van der Waals surface area (Å²) in [6.07, 6.45) is 1.34. The molecule has 3 aromatic carbocycles. The second kappa shape index (κ2) is 11.6. The lowest BCUT2D eigenvalue weighted by Crippen LogP contribution is -2.36. The van der Waals surface area contributed by atoms with Gasteiger partial charge in [-0.1, -0.05) is 6.07 Å². The maximum absolute atomic E-state index is 13.0. The van der Waals surface area contributed by atoms with Gasteiger partial charge in [-0.3, -0.25) is 4.79 Å². The molecule has 0 amide bonds. The zero-order chi connectivity index (χ0) is 25.6. The van der Waals surface area contributed by atoms with E-state index in [1.807, 2.05) is 66.7 Å². The Morgan fingerprint density at radius 3 is 2.51 bits per heavy atom. The van der Waals surface area contributed by atoms with Crippen LogP contribution in [0.4, 0.5) is 5.69 Å². The van der Waals surface area contributed by atoms with Crippen LogP contribution in [0.5, 0.6) is 5.75 Å². The molecule has 0 spiro atoms. The van der Waals surface area contributed by atoms with Gasteiger partial charge in [0.1, 0.15) is 11.6 Å². The van der Waals surface area contributed by atoms with Crippen molar-refractivity contribution in [3.05, 3.63) is 77.9 Å². The molecule has 0 atom stereocenters. The molecule has 0 aliphatic carbocycles. The molecule has 0 unspecified atom stereocenters. The molecule has 1 aromatic heterocycles. The molecular weight excluding hydrogens is 464 g/mol. The first-order valence-electron chi connectivity index (χ1n) is 12.9. The van der Waals surface area contributed by atoms with Gasteiger partial charge in [0.2, 0.25) is 0 Å². The van der Waals surface area contributed by atoms with Crippen molar-refractivity contribution >= 4 is 22.5 Å². The average Bonchev–Trinajstić information content (AvgIpc) is 3.35. The van der Waals surface area contributed by atoms with Gasteiger partial charge >= 0.3 is 0 Å². The van der Waals surface area contributed by atoms with Crippen LogP contribution in [0.25, 0.3) is 22.4 Å². The number of aromatic nitrogens is 2. The maximum atomic E-state index is 13.0. The molecule has 0 bridgehead atoms. The van der Waals surface area contributed by atoms with E-state index in [-0.39, 0.29) is 5.78 Å². The Hall–Kier alpha value is -3.68. The second-order valence-electron chi connectivity index (χ2n) is 9.71. The fourth-order valence-electron chi connectivity index (χ4n) is 4.55. The van der Waals surface area contributed by atoms with E-state index in [2.05, 4.69) is 28.9 Å². The molecule has 4 aromatic rings. The third kappa shape index (κ3) is 6.37. The molecule has 2 heterocycles. The number of hydrogen-bond acceptors (Lipinski definition) is 6. The van der Waals surface area contributed by atoms with Gasteiger partial charge in [-0.2, -0.15) is 0 Å². The molecule has 5 rings (SSSR count). The molecule has 0 saturated carbocycles. The van der Waals surface area contributed by atoms with Gasteiger partial charge in [-0.15, -0.1) is 0 Å². The van der Waals surface area contributed by atoms with Crippen LogP contribution in [-0.4, -0.2) is 74.2 Å². The van der Waals surface area contributed by atoms with Crippen LogP contribution in [0.3, 0.4) is 0 Å². The summed E-state index contributed by atoms with van der Waals surface area (Å²) in [4.78, 5) is 25.5. The van der Waals surface area contributed by atoms with Crippen LogP contribution in [-0.2, 0) is 11.2 Å². The summed E-state index contributed by atoms with van der Waals surface area (Å²) in [6.45, 7) is 4.96. The van der Waals surface area contributed by atoms with Gasteiger partial charge in [-0.25, -0.2) is 4.98 Å². The first kappa shape index (κ1) is 25.0. The first-order chi connectivity index (χ1) is 18.0. The van der Waals surface area contributed by atoms with Crippen molar-refractivity contribution in [2.24, 2.45) is 0 Å². The Balaban J connectivity index is 1.21. The topological polar surface area (TPSA) is 70.7 Å². The van der Waals surface area contributed by atoms with Crippen molar-refractivity contribution in [3.8, 4) is 17.1 Å². The van der Waals surface area contributed by atoms with Crippen molar-refractivity contribution in [3.63, 3.8) is 0 Å². The predicted octanol–water partition coefficient (Wildman–Crippen LogP) is 4.82. The molecule has 1 saturated heterocycles. The van der Waals surface area contributed by atoms with Crippen molar-refractivity contribution in [1.29, 1.82) is 0 Å². The second-order valence-corrected chi connectivity index (χ2v) is 9.71. The molecule has 192 valence electrons. The molecule has 1 aliphatic rings. The number of ketones is 1. The lowest BCUT2D eigenvalue weighted by Gasteiger charge is -2.28. The Morgan fingerprint density at radius 2 is 1.78 bits per heavy atom. The third-order valence-electron chi connectivity index (χ3n) is 6.62. The maximum Gasteiger partial charge on any atom is 0.167 e. The van der Waals surface area contributed by atoms with Crippen molar-refractivity contribution in [2.45, 2.75) is 12.8 Å². The number of ether oxygens (including phenoxy) is 2. The summed E-state index contributed by atoms with van der Waals surface area (Å²) in [5.74, 6) is 1.77. The molecule has 1 N–H and O–H groups in total. The fraction of sp³-hybridized carbons (Fsp3) is 0.333. The highest BCUT2D eigenvalue weighted by atomic mass is 16.5. The predicted molar refractivity (Wildman–Crippen MR) is 148 cm³/mol. The van der Waals surface area contributed by atoms with Crippen LogP contribution >= 0.6 is 0 Å². The number of morpholine rings is 1. The SMILES string of the molecule is CN(C)CCCOc1ccc(-c2nc3ccc(CC(=O)c4ccc(N5CCOCC5)cc4)cc3[nH]2)cc1. The van der Waals surface area contributed by atoms with Gasteiger partial charge < -0.3 is 24.3 Å². The molecule has 1 fully saturated rings. The monoisotopic (exact) mass is 498 g/mol. The highest BCUT2D eigenvalue weighted by Gasteiger charge is 2.13. The van der Waals surface area contributed by atoms with E-state index in [4.69, 9.17) is 14.5 Å². The summed E-state index contributed by atoms with van der Waals surface area (Å²) in [6, 6.07) is 21.9. The number of anilines is 1. The van der Waals surface area contributed by atoms with Crippen molar-refractivity contribution < 1.29 is 14.3 Å². The minimum atomic E-state index is 0.105. The third-order valence-corrected chi connectivity index (χ3v) is 6.62. The number of nitrogens with one attached hydrogen (secondary N) is 1. The van der Waals surface area contributed by atoms with Crippen molar-refractivity contribution in [2.75, 3.05) is 58.5 Å². The van der Waals surface area contributed by atoms with Gasteiger partial charge in [0.15, 0.2) is 5.78 Å². The Kier molecular flexibility index (Phi) is 7.82. The van der Waals surface area contributed by atoms with Gasteiger partial charge in [0, 0.05) is 42.9 Å². The highest BCUT2D eigenvalue weighted by Crippen LogP contribution is 2.24. The molecule has 7 nitrogen and oxygen atoms in total. The van der Waals surface area contributed by atoms with Crippen molar-refractivity contribution in [1.82, 2.24) is 14.9 Å². The quantitative estimate of drug-likeness (QED) is 0.250. The van der Waals surface area contributed by atoms with Crippen LogP contribution in [0.1, 0.15) is 22.3 Å². The summed E-state index contributed by atoms with van der Waals surface area (Å²) >= 11 is 0. The molecule has 37 heavy (non-hydrogen) atoms. The molecule has 7 heteroatoms. The molecule has 1 aliphatic heterocycles. The minimum Gasteiger partial charge on any atom is -0.494 e. The number of carbonyl (C=O) groups excluding carboxylic acids is 1. The summed E-state index contributed by atoms with van der Waals surface area (Å²) in [5.41, 5.74) is 5.62. The normalized spacial score (nSPS) is 13.9. The van der Waals surface area contributed by atoms with Gasteiger partial charge in [-0.05, 0) is 86.7 Å². The number of H-pyrrole nitrogens is 1. The number of aromatic amines is 1. The Labute approximate surface area is 218 Å². The zero-order valence-corrected chi connectivity index (χ0v) is 21.6. The lowest BCUT2D eigenvalue weighted by molar-refractivity contribution is 0.0993. The number of hydrogen-bond donors (Lipinski definition) is 1. The standard InChI is InChI=1S/C30H34N4O3/c1-33(2)14-3-17-37-26-11-7-24(8-12-26)30-31-27-13-4-22(20-28(27)32-30)21-29(35)23-5-9-25(10-6-23)34-15-18-36-19-16-34/h4-13,20H,3,14-19,21H2,1-2H3,(H,31,32). The first-order valence-corrected chi connectivity index (χ1v) is 12.9. The van der Waals surface area contributed by atoms with E-state index >= 15 is 0 Å². The molecular formula is C30H34N4O3. The van der Waals surface area contributed by atoms with Gasteiger partial charge in [0.05, 0.1) is 30.9 Å². The Bertz CT molecular complexity index is 1320. The number of carbonyl (C=O) groups is 1. The Morgan fingerprint density at radius 1 is 1.03 bits per heavy atom. The van der Waals surface area contributed by atoms with E-state index in [9.17, 15) is 4.79 Å². The van der Waals surface area contributed by atoms with E-state index in [1.165, 1.54) is 0 Å². The summed E-state index contributed by atoms with van der Waals surface area (Å²) in [5, 5.41) is 0.